The summed E-state index contributed by atoms with van der Waals surface area (Å²) in [5.41, 5.74) is -1.45. The third-order valence-corrected chi connectivity index (χ3v) is 3.77. The van der Waals surface area contributed by atoms with Crippen LogP contribution in [0.3, 0.4) is 0 Å². The van der Waals surface area contributed by atoms with Gasteiger partial charge in [0.25, 0.3) is 0 Å². The second kappa shape index (κ2) is 5.71. The maximum Gasteiger partial charge on any atom is 0.416 e. The summed E-state index contributed by atoms with van der Waals surface area (Å²) in [6.07, 6.45) is -4.65. The van der Waals surface area contributed by atoms with E-state index in [0.29, 0.717) is 26.1 Å². The molecule has 1 N–H and O–H groups in total. The van der Waals surface area contributed by atoms with Crippen molar-refractivity contribution in [1.29, 1.82) is 0 Å². The first-order valence-corrected chi connectivity index (χ1v) is 6.37. The number of alkyl halides is 3. The van der Waals surface area contributed by atoms with Gasteiger partial charge in [0.1, 0.15) is 11.7 Å². The normalized spacial score (nSPS) is 20.6. The highest BCUT2D eigenvalue weighted by atomic mass is 19.4. The van der Waals surface area contributed by atoms with E-state index in [2.05, 4.69) is 0 Å². The van der Waals surface area contributed by atoms with Crippen LogP contribution in [0.15, 0.2) is 24.3 Å². The van der Waals surface area contributed by atoms with Gasteiger partial charge >= 0.3 is 6.18 Å². The Hall–Kier alpha value is -1.11. The molecule has 6 heteroatoms. The third-order valence-electron chi connectivity index (χ3n) is 3.77. The van der Waals surface area contributed by atoms with Gasteiger partial charge in [0, 0.05) is 33.2 Å². The fraction of sp³-hybridized carbons (Fsp3) is 0.571. The van der Waals surface area contributed by atoms with Gasteiger partial charge < -0.3 is 14.6 Å². The van der Waals surface area contributed by atoms with E-state index in [-0.39, 0.29) is 5.56 Å². The van der Waals surface area contributed by atoms with Crippen LogP contribution in [0.25, 0.3) is 0 Å². The molecule has 1 atom stereocenters. The molecule has 0 radical (unpaired) electrons. The van der Waals surface area contributed by atoms with Crippen LogP contribution in [0.2, 0.25) is 0 Å². The summed E-state index contributed by atoms with van der Waals surface area (Å²) in [5, 5.41) is 10.4. The Labute approximate surface area is 115 Å². The highest BCUT2D eigenvalue weighted by Crippen LogP contribution is 2.39. The number of aliphatic hydroxyl groups is 1. The van der Waals surface area contributed by atoms with Crippen LogP contribution in [0, 0.1) is 0 Å². The van der Waals surface area contributed by atoms with Crippen molar-refractivity contribution in [2.75, 3.05) is 20.3 Å². The fourth-order valence-electron chi connectivity index (χ4n) is 2.49. The standard InChI is InChI=1S/C14H17F3O3/c1-19-13(5-7-20-8-6-13)12(18)10-3-2-4-11(9-10)14(15,16)17/h2-4,9,12,18H,5-8H2,1H3. The van der Waals surface area contributed by atoms with Gasteiger partial charge in [-0.15, -0.1) is 0 Å². The molecular formula is C14H17F3O3. The predicted octanol–water partition coefficient (Wildman–Crippen LogP) is 2.93. The topological polar surface area (TPSA) is 38.7 Å². The molecule has 112 valence electrons. The number of hydrogen-bond donors (Lipinski definition) is 1. The Morgan fingerprint density at radius 2 is 1.95 bits per heavy atom. The molecule has 1 aliphatic rings. The lowest BCUT2D eigenvalue weighted by Gasteiger charge is -2.40. The molecule has 1 heterocycles. The molecule has 0 bridgehead atoms. The van der Waals surface area contributed by atoms with Crippen LogP contribution in [-0.4, -0.2) is 31.0 Å². The van der Waals surface area contributed by atoms with Crippen LogP contribution in [0.1, 0.15) is 30.1 Å². The minimum Gasteiger partial charge on any atom is -0.385 e. The monoisotopic (exact) mass is 290 g/mol. The van der Waals surface area contributed by atoms with Crippen molar-refractivity contribution in [1.82, 2.24) is 0 Å². The average molecular weight is 290 g/mol. The van der Waals surface area contributed by atoms with Gasteiger partial charge in [-0.3, -0.25) is 0 Å². The smallest absolute Gasteiger partial charge is 0.385 e. The minimum atomic E-state index is -4.42. The highest BCUT2D eigenvalue weighted by Gasteiger charge is 2.41. The summed E-state index contributed by atoms with van der Waals surface area (Å²) in [7, 11) is 1.46. The molecule has 3 nitrogen and oxygen atoms in total. The number of hydrogen-bond acceptors (Lipinski definition) is 3. The summed E-state index contributed by atoms with van der Waals surface area (Å²) in [5.74, 6) is 0. The van der Waals surface area contributed by atoms with Gasteiger partial charge in [0.05, 0.1) is 5.56 Å². The second-order valence-electron chi connectivity index (χ2n) is 4.91. The van der Waals surface area contributed by atoms with Gasteiger partial charge in [-0.05, 0) is 17.7 Å². The van der Waals surface area contributed by atoms with Gasteiger partial charge in [0.15, 0.2) is 0 Å². The van der Waals surface area contributed by atoms with Crippen molar-refractivity contribution in [2.45, 2.75) is 30.7 Å². The van der Waals surface area contributed by atoms with E-state index in [1.165, 1.54) is 19.2 Å². The molecule has 0 aromatic heterocycles. The molecule has 0 spiro atoms. The second-order valence-corrected chi connectivity index (χ2v) is 4.91. The lowest BCUT2D eigenvalue weighted by Crippen LogP contribution is -2.43. The number of ether oxygens (including phenoxy) is 2. The first kappa shape index (κ1) is 15.3. The molecule has 1 aliphatic heterocycles. The largest absolute Gasteiger partial charge is 0.416 e. The van der Waals surface area contributed by atoms with E-state index in [1.54, 1.807) is 0 Å². The van der Waals surface area contributed by atoms with Crippen LogP contribution in [0.4, 0.5) is 13.2 Å². The Morgan fingerprint density at radius 3 is 2.50 bits per heavy atom. The summed E-state index contributed by atoms with van der Waals surface area (Å²) < 4.78 is 48.8. The van der Waals surface area contributed by atoms with Crippen LogP contribution in [-0.2, 0) is 15.7 Å². The molecule has 1 unspecified atom stereocenters. The van der Waals surface area contributed by atoms with E-state index in [1.807, 2.05) is 0 Å². The Bertz CT molecular complexity index is 453. The first-order chi connectivity index (χ1) is 9.39. The number of benzene rings is 1. The molecule has 1 aromatic rings. The van der Waals surface area contributed by atoms with Crippen LogP contribution in [0.5, 0.6) is 0 Å². The third kappa shape index (κ3) is 2.97. The molecule has 0 amide bonds. The summed E-state index contributed by atoms with van der Waals surface area (Å²) in [6.45, 7) is 0.841. The van der Waals surface area contributed by atoms with E-state index in [0.717, 1.165) is 12.1 Å². The lowest BCUT2D eigenvalue weighted by molar-refractivity contribution is -0.155. The average Bonchev–Trinajstić information content (AvgIpc) is 2.46. The summed E-state index contributed by atoms with van der Waals surface area (Å²) in [4.78, 5) is 0. The molecule has 1 fully saturated rings. The van der Waals surface area contributed by atoms with Gasteiger partial charge in [-0.1, -0.05) is 12.1 Å². The maximum absolute atomic E-state index is 12.7. The Balaban J connectivity index is 2.30. The van der Waals surface area contributed by atoms with E-state index < -0.39 is 23.4 Å². The van der Waals surface area contributed by atoms with E-state index >= 15 is 0 Å². The van der Waals surface area contributed by atoms with E-state index in [4.69, 9.17) is 9.47 Å². The summed E-state index contributed by atoms with van der Waals surface area (Å²) >= 11 is 0. The van der Waals surface area contributed by atoms with Crippen molar-refractivity contribution < 1.29 is 27.8 Å². The lowest BCUT2D eigenvalue weighted by atomic mass is 9.84. The zero-order chi connectivity index (χ0) is 14.8. The number of aliphatic hydroxyl groups excluding tert-OH is 1. The van der Waals surface area contributed by atoms with Gasteiger partial charge in [-0.2, -0.15) is 13.2 Å². The minimum absolute atomic E-state index is 0.212. The molecule has 0 aliphatic carbocycles. The number of methoxy groups -OCH3 is 1. The molecule has 2 rings (SSSR count). The molecule has 1 saturated heterocycles. The van der Waals surface area contributed by atoms with Crippen LogP contribution >= 0.6 is 0 Å². The molecular weight excluding hydrogens is 273 g/mol. The fourth-order valence-corrected chi connectivity index (χ4v) is 2.49. The quantitative estimate of drug-likeness (QED) is 0.930. The number of halogens is 3. The van der Waals surface area contributed by atoms with Crippen molar-refractivity contribution in [3.63, 3.8) is 0 Å². The first-order valence-electron chi connectivity index (χ1n) is 6.37. The zero-order valence-corrected chi connectivity index (χ0v) is 11.1. The van der Waals surface area contributed by atoms with Crippen molar-refractivity contribution in [3.8, 4) is 0 Å². The zero-order valence-electron chi connectivity index (χ0n) is 11.1. The molecule has 1 aromatic carbocycles. The van der Waals surface area contributed by atoms with Crippen molar-refractivity contribution in [3.05, 3.63) is 35.4 Å². The Morgan fingerprint density at radius 1 is 1.30 bits per heavy atom. The maximum atomic E-state index is 12.7. The summed E-state index contributed by atoms with van der Waals surface area (Å²) in [6, 6.07) is 4.74. The van der Waals surface area contributed by atoms with Gasteiger partial charge in [0.2, 0.25) is 0 Å². The van der Waals surface area contributed by atoms with Crippen LogP contribution < -0.4 is 0 Å². The van der Waals surface area contributed by atoms with Crippen molar-refractivity contribution >= 4 is 0 Å². The molecule has 0 saturated carbocycles. The SMILES string of the molecule is COC1(C(O)c2cccc(C(F)(F)F)c2)CCOCC1. The number of rotatable bonds is 3. The predicted molar refractivity (Wildman–Crippen MR) is 66.2 cm³/mol. The van der Waals surface area contributed by atoms with E-state index in [9.17, 15) is 18.3 Å². The molecule has 20 heavy (non-hydrogen) atoms. The van der Waals surface area contributed by atoms with Gasteiger partial charge in [-0.25, -0.2) is 0 Å². The Kier molecular flexibility index (Phi) is 4.36. The highest BCUT2D eigenvalue weighted by molar-refractivity contribution is 5.29. The van der Waals surface area contributed by atoms with Crippen molar-refractivity contribution in [2.24, 2.45) is 0 Å².